The van der Waals surface area contributed by atoms with Gasteiger partial charge in [0, 0.05) is 38.1 Å². The van der Waals surface area contributed by atoms with Crippen molar-refractivity contribution in [2.45, 2.75) is 98.3 Å². The fraction of sp³-hybridized carbons (Fsp3) is 0.652. The van der Waals surface area contributed by atoms with Crippen molar-refractivity contribution in [1.29, 1.82) is 0 Å². The Kier molecular flexibility index (Phi) is 9.29. The number of unbranched alkanes of at least 4 members (excludes halogenated alkanes) is 6. The first-order valence-corrected chi connectivity index (χ1v) is 11.1. The number of imidazole rings is 2. The molecule has 0 radical (unpaired) electrons. The van der Waals surface area contributed by atoms with Crippen molar-refractivity contribution in [1.82, 2.24) is 19.1 Å². The van der Waals surface area contributed by atoms with Gasteiger partial charge in [-0.25, -0.2) is 9.97 Å². The maximum Gasteiger partial charge on any atom is 0.232 e. The number of rotatable bonds is 12. The van der Waals surface area contributed by atoms with Gasteiger partial charge in [0.15, 0.2) is 0 Å². The second-order valence-electron chi connectivity index (χ2n) is 7.81. The zero-order chi connectivity index (χ0) is 21.2. The molecule has 0 bridgehead atoms. The molecular weight excluding hydrogens is 364 g/mol. The van der Waals surface area contributed by atoms with Gasteiger partial charge in [0.05, 0.1) is 11.4 Å². The summed E-state index contributed by atoms with van der Waals surface area (Å²) in [4.78, 5) is 33.4. The first kappa shape index (κ1) is 23.0. The quantitative estimate of drug-likeness (QED) is 0.453. The molecule has 0 saturated carbocycles. The topological polar surface area (TPSA) is 69.8 Å². The number of carbonyl (C=O) groups excluding carboxylic acids is 2. The van der Waals surface area contributed by atoms with Crippen molar-refractivity contribution in [3.63, 3.8) is 0 Å². The first-order valence-electron chi connectivity index (χ1n) is 11.1. The molecule has 160 valence electrons. The van der Waals surface area contributed by atoms with E-state index in [0.717, 1.165) is 80.8 Å². The molecule has 0 unspecified atom stereocenters. The Labute approximate surface area is 174 Å². The van der Waals surface area contributed by atoms with Crippen molar-refractivity contribution < 1.29 is 9.59 Å². The number of nitrogens with zero attached hydrogens (tertiary/aromatic N) is 4. The van der Waals surface area contributed by atoms with Crippen LogP contribution in [-0.2, 0) is 12.8 Å². The molecule has 29 heavy (non-hydrogen) atoms. The molecule has 2 heterocycles. The van der Waals surface area contributed by atoms with Gasteiger partial charge in [0.2, 0.25) is 11.8 Å². The molecule has 0 amide bonds. The van der Waals surface area contributed by atoms with Crippen molar-refractivity contribution in [2.24, 2.45) is 0 Å². The standard InChI is InChI=1S/C23H36N4O2/c1-5-20-24-18(3)16-26(20)22(28)14-12-10-8-7-9-11-13-15-23(29)27-17-19(4)25-21(27)6-2/h16-17H,5-15H2,1-4H3. The third-order valence-corrected chi connectivity index (χ3v) is 5.25. The summed E-state index contributed by atoms with van der Waals surface area (Å²) in [6.45, 7) is 7.90. The molecule has 6 heteroatoms. The van der Waals surface area contributed by atoms with E-state index in [1.807, 2.05) is 40.1 Å². The number of carbonyl (C=O) groups is 2. The van der Waals surface area contributed by atoms with Crippen LogP contribution in [0.1, 0.15) is 104 Å². The van der Waals surface area contributed by atoms with Crippen molar-refractivity contribution in [2.75, 3.05) is 0 Å². The zero-order valence-electron chi connectivity index (χ0n) is 18.5. The normalized spacial score (nSPS) is 11.2. The molecule has 0 saturated heterocycles. The minimum absolute atomic E-state index is 0.155. The summed E-state index contributed by atoms with van der Waals surface area (Å²) in [6, 6.07) is 0. The van der Waals surface area contributed by atoms with Gasteiger partial charge >= 0.3 is 0 Å². The molecule has 6 nitrogen and oxygen atoms in total. The van der Waals surface area contributed by atoms with Gasteiger partial charge in [0.1, 0.15) is 11.6 Å². The summed E-state index contributed by atoms with van der Waals surface area (Å²) in [5, 5.41) is 0. The summed E-state index contributed by atoms with van der Waals surface area (Å²) in [7, 11) is 0. The van der Waals surface area contributed by atoms with Crippen LogP contribution in [0, 0.1) is 13.8 Å². The Hall–Kier alpha value is -2.24. The van der Waals surface area contributed by atoms with Gasteiger partial charge in [-0.15, -0.1) is 0 Å². The molecule has 0 atom stereocenters. The highest BCUT2D eigenvalue weighted by Crippen LogP contribution is 2.13. The molecule has 2 aromatic heterocycles. The van der Waals surface area contributed by atoms with Crippen LogP contribution in [0.4, 0.5) is 0 Å². The zero-order valence-corrected chi connectivity index (χ0v) is 18.5. The lowest BCUT2D eigenvalue weighted by molar-refractivity contribution is 0.0887. The largest absolute Gasteiger partial charge is 0.274 e. The number of aryl methyl sites for hydroxylation is 4. The Morgan fingerprint density at radius 2 is 1.03 bits per heavy atom. The molecule has 0 aromatic carbocycles. The summed E-state index contributed by atoms with van der Waals surface area (Å²) in [5.74, 6) is 2.03. The number of hydrogen-bond acceptors (Lipinski definition) is 4. The van der Waals surface area contributed by atoms with Crippen LogP contribution >= 0.6 is 0 Å². The lowest BCUT2D eigenvalue weighted by Crippen LogP contribution is -2.12. The molecule has 0 aliphatic heterocycles. The molecule has 0 spiro atoms. The van der Waals surface area contributed by atoms with Crippen molar-refractivity contribution >= 4 is 11.8 Å². The lowest BCUT2D eigenvalue weighted by Gasteiger charge is -2.06. The van der Waals surface area contributed by atoms with Gasteiger partial charge in [-0.1, -0.05) is 46.0 Å². The highest BCUT2D eigenvalue weighted by molar-refractivity contribution is 5.80. The Morgan fingerprint density at radius 3 is 1.38 bits per heavy atom. The summed E-state index contributed by atoms with van der Waals surface area (Å²) in [6.07, 6.45) is 13.9. The Morgan fingerprint density at radius 1 is 0.690 bits per heavy atom. The Bertz CT molecular complexity index is 738. The fourth-order valence-corrected chi connectivity index (χ4v) is 3.70. The number of aromatic nitrogens is 4. The smallest absolute Gasteiger partial charge is 0.232 e. The van der Waals surface area contributed by atoms with Crippen LogP contribution in [0.25, 0.3) is 0 Å². The van der Waals surface area contributed by atoms with Crippen LogP contribution < -0.4 is 0 Å². The second-order valence-corrected chi connectivity index (χ2v) is 7.81. The highest BCUT2D eigenvalue weighted by atomic mass is 16.2. The maximum absolute atomic E-state index is 12.3. The predicted molar refractivity (Wildman–Crippen MR) is 115 cm³/mol. The van der Waals surface area contributed by atoms with Crippen LogP contribution in [0.5, 0.6) is 0 Å². The predicted octanol–water partition coefficient (Wildman–Crippen LogP) is 5.31. The van der Waals surface area contributed by atoms with Gasteiger partial charge in [0.25, 0.3) is 0 Å². The molecule has 0 aliphatic carbocycles. The highest BCUT2D eigenvalue weighted by Gasteiger charge is 2.12. The van der Waals surface area contributed by atoms with Crippen LogP contribution in [-0.4, -0.2) is 30.9 Å². The van der Waals surface area contributed by atoms with E-state index in [1.165, 1.54) is 0 Å². The lowest BCUT2D eigenvalue weighted by atomic mass is 10.1. The molecule has 0 N–H and O–H groups in total. The molecule has 0 aliphatic rings. The second kappa shape index (κ2) is 11.7. The van der Waals surface area contributed by atoms with E-state index in [0.29, 0.717) is 12.8 Å². The third-order valence-electron chi connectivity index (χ3n) is 5.25. The third kappa shape index (κ3) is 6.94. The molecule has 2 aromatic rings. The van der Waals surface area contributed by atoms with E-state index >= 15 is 0 Å². The molecule has 0 fully saturated rings. The minimum Gasteiger partial charge on any atom is -0.274 e. The van der Waals surface area contributed by atoms with E-state index < -0.39 is 0 Å². The van der Waals surface area contributed by atoms with Crippen molar-refractivity contribution in [3.05, 3.63) is 35.4 Å². The van der Waals surface area contributed by atoms with Gasteiger partial charge < -0.3 is 0 Å². The van der Waals surface area contributed by atoms with E-state index in [4.69, 9.17) is 0 Å². The molecule has 2 rings (SSSR count). The molecular formula is C23H36N4O2. The fourth-order valence-electron chi connectivity index (χ4n) is 3.70. The number of hydrogen-bond donors (Lipinski definition) is 0. The average Bonchev–Trinajstić information content (AvgIpc) is 3.28. The summed E-state index contributed by atoms with van der Waals surface area (Å²) in [5.41, 5.74) is 1.81. The van der Waals surface area contributed by atoms with Gasteiger partial charge in [-0.05, 0) is 26.7 Å². The van der Waals surface area contributed by atoms with E-state index in [-0.39, 0.29) is 11.8 Å². The van der Waals surface area contributed by atoms with Gasteiger partial charge in [-0.2, -0.15) is 0 Å². The summed E-state index contributed by atoms with van der Waals surface area (Å²) < 4.78 is 3.44. The van der Waals surface area contributed by atoms with Crippen LogP contribution in [0.2, 0.25) is 0 Å². The summed E-state index contributed by atoms with van der Waals surface area (Å²) >= 11 is 0. The minimum atomic E-state index is 0.155. The van der Waals surface area contributed by atoms with Crippen molar-refractivity contribution in [3.8, 4) is 0 Å². The van der Waals surface area contributed by atoms with Gasteiger partial charge in [-0.3, -0.25) is 18.7 Å². The first-order chi connectivity index (χ1) is 14.0. The van der Waals surface area contributed by atoms with Crippen LogP contribution in [0.15, 0.2) is 12.4 Å². The maximum atomic E-state index is 12.3. The monoisotopic (exact) mass is 400 g/mol. The average molecular weight is 401 g/mol. The Balaban J connectivity index is 1.54. The van der Waals surface area contributed by atoms with E-state index in [9.17, 15) is 9.59 Å². The van der Waals surface area contributed by atoms with E-state index in [2.05, 4.69) is 9.97 Å². The van der Waals surface area contributed by atoms with E-state index in [1.54, 1.807) is 9.13 Å². The van der Waals surface area contributed by atoms with Crippen LogP contribution in [0.3, 0.4) is 0 Å². The SMILES string of the molecule is CCc1nc(C)cn1C(=O)CCCCCCCCCC(=O)n1cc(C)nc1CC.